The summed E-state index contributed by atoms with van der Waals surface area (Å²) in [5.41, 5.74) is -0.317. The van der Waals surface area contributed by atoms with Gasteiger partial charge in [0, 0.05) is 10.9 Å². The minimum absolute atomic E-state index is 0.0828. The van der Waals surface area contributed by atoms with E-state index in [2.05, 4.69) is 15.4 Å². The number of aromatic nitrogens is 3. The summed E-state index contributed by atoms with van der Waals surface area (Å²) in [5.74, 6) is -2.35. The lowest BCUT2D eigenvalue weighted by Crippen LogP contribution is -2.22. The average Bonchev–Trinajstić information content (AvgIpc) is 3.51. The molecule has 3 N–H and O–H groups in total. The van der Waals surface area contributed by atoms with Crippen molar-refractivity contribution in [1.82, 2.24) is 14.8 Å². The molecule has 0 atom stereocenters. The van der Waals surface area contributed by atoms with Gasteiger partial charge < -0.3 is 15.5 Å². The number of nitrogens with zero attached hydrogens (tertiary/aromatic N) is 4. The van der Waals surface area contributed by atoms with Crippen molar-refractivity contribution in [3.8, 4) is 11.3 Å². The molecule has 38 heavy (non-hydrogen) atoms. The lowest BCUT2D eigenvalue weighted by molar-refractivity contribution is -0.388. The Labute approximate surface area is 210 Å². The third-order valence-corrected chi connectivity index (χ3v) is 6.24. The van der Waals surface area contributed by atoms with Crippen LogP contribution in [0.2, 0.25) is 0 Å². The molecular weight excluding hydrogens is 550 g/mol. The number of nitrogens with one attached hydrogen (secondary N) is 1. The van der Waals surface area contributed by atoms with Crippen LogP contribution in [0.3, 0.4) is 0 Å². The molecular formula is C20H12F6N6O5S. The van der Waals surface area contributed by atoms with Crippen LogP contribution in [0.4, 0.5) is 37.7 Å². The topological polar surface area (TPSA) is 159 Å². The molecule has 4 aromatic rings. The Kier molecular flexibility index (Phi) is 6.38. The van der Waals surface area contributed by atoms with Gasteiger partial charge in [0.25, 0.3) is 5.91 Å². The van der Waals surface area contributed by atoms with Gasteiger partial charge in [-0.15, -0.1) is 11.3 Å². The minimum Gasteiger partial charge on any atom is -0.464 e. The summed E-state index contributed by atoms with van der Waals surface area (Å²) < 4.78 is 85.8. The Morgan fingerprint density at radius 2 is 1.92 bits per heavy atom. The second-order valence-electron chi connectivity index (χ2n) is 7.62. The van der Waals surface area contributed by atoms with E-state index in [1.54, 1.807) is 0 Å². The van der Waals surface area contributed by atoms with Crippen molar-refractivity contribution < 1.29 is 45.3 Å². The van der Waals surface area contributed by atoms with Crippen LogP contribution >= 0.6 is 11.3 Å². The van der Waals surface area contributed by atoms with E-state index in [1.807, 2.05) is 0 Å². The number of fused-ring (bicyclic) bond motifs is 1. The molecule has 0 aromatic carbocycles. The van der Waals surface area contributed by atoms with Gasteiger partial charge in [-0.3, -0.25) is 24.4 Å². The van der Waals surface area contributed by atoms with Crippen LogP contribution in [0.1, 0.15) is 26.8 Å². The van der Waals surface area contributed by atoms with E-state index < -0.39 is 63.3 Å². The zero-order valence-electron chi connectivity index (χ0n) is 18.6. The first-order valence-corrected chi connectivity index (χ1v) is 10.9. The van der Waals surface area contributed by atoms with Crippen molar-refractivity contribution in [2.75, 3.05) is 5.32 Å². The van der Waals surface area contributed by atoms with Crippen LogP contribution in [0.5, 0.6) is 0 Å². The molecule has 0 radical (unpaired) electrons. The summed E-state index contributed by atoms with van der Waals surface area (Å²) in [4.78, 5) is 37.5. The van der Waals surface area contributed by atoms with Crippen LogP contribution in [-0.4, -0.2) is 31.5 Å². The molecule has 200 valence electrons. The van der Waals surface area contributed by atoms with Gasteiger partial charge in [-0.25, -0.2) is 4.98 Å². The zero-order valence-corrected chi connectivity index (χ0v) is 19.4. The Morgan fingerprint density at radius 1 is 1.24 bits per heavy atom. The lowest BCUT2D eigenvalue weighted by Gasteiger charge is -2.11. The second-order valence-corrected chi connectivity index (χ2v) is 8.62. The van der Waals surface area contributed by atoms with Crippen molar-refractivity contribution in [3.63, 3.8) is 0 Å². The van der Waals surface area contributed by atoms with Gasteiger partial charge in [-0.2, -0.15) is 31.4 Å². The first-order valence-electron chi connectivity index (χ1n) is 10.1. The van der Waals surface area contributed by atoms with E-state index >= 15 is 0 Å². The number of hydrogen-bond acceptors (Lipinski definition) is 8. The molecule has 4 aromatic heterocycles. The molecule has 11 nitrogen and oxygen atoms in total. The van der Waals surface area contributed by atoms with E-state index in [-0.39, 0.29) is 27.2 Å². The van der Waals surface area contributed by atoms with Gasteiger partial charge in [-0.1, -0.05) is 0 Å². The third kappa shape index (κ3) is 4.76. The fraction of sp³-hybridized carbons (Fsp3) is 0.200. The number of thiophene rings is 1. The van der Waals surface area contributed by atoms with Crippen LogP contribution < -0.4 is 11.1 Å². The summed E-state index contributed by atoms with van der Waals surface area (Å²) in [7, 11) is 0. The van der Waals surface area contributed by atoms with E-state index in [0.29, 0.717) is 22.1 Å². The molecule has 2 amide bonds. The van der Waals surface area contributed by atoms with Gasteiger partial charge >= 0.3 is 18.0 Å². The average molecular weight is 562 g/mol. The largest absolute Gasteiger partial charge is 0.464 e. The smallest absolute Gasteiger partial charge is 0.442 e. The zero-order chi connectivity index (χ0) is 28.2. The Balaban J connectivity index is 1.83. The van der Waals surface area contributed by atoms with E-state index in [1.165, 1.54) is 18.4 Å². The number of primary amides is 1. The maximum atomic E-state index is 13.5. The highest BCUT2D eigenvalue weighted by Crippen LogP contribution is 2.44. The minimum atomic E-state index is -5.20. The van der Waals surface area contributed by atoms with Crippen molar-refractivity contribution in [3.05, 3.63) is 56.5 Å². The van der Waals surface area contributed by atoms with Gasteiger partial charge in [0.1, 0.15) is 33.4 Å². The molecule has 0 aliphatic carbocycles. The van der Waals surface area contributed by atoms with Crippen LogP contribution in [0.15, 0.2) is 28.9 Å². The number of furan rings is 1. The summed E-state index contributed by atoms with van der Waals surface area (Å²) >= 11 is 0.436. The number of amides is 2. The molecule has 0 aliphatic rings. The fourth-order valence-corrected chi connectivity index (χ4v) is 4.58. The summed E-state index contributed by atoms with van der Waals surface area (Å²) in [5, 5.41) is 16.4. The monoisotopic (exact) mass is 562 g/mol. The Bertz CT molecular complexity index is 1590. The van der Waals surface area contributed by atoms with E-state index in [4.69, 9.17) is 10.2 Å². The molecule has 4 heterocycles. The first-order chi connectivity index (χ1) is 17.6. The normalized spacial score (nSPS) is 12.2. The molecule has 0 saturated heterocycles. The van der Waals surface area contributed by atoms with Crippen LogP contribution in [0.25, 0.3) is 21.5 Å². The molecule has 0 spiro atoms. The molecule has 0 saturated carbocycles. The van der Waals surface area contributed by atoms with E-state index in [9.17, 15) is 46.0 Å². The molecule has 0 unspecified atom stereocenters. The van der Waals surface area contributed by atoms with Crippen LogP contribution in [-0.2, 0) is 23.7 Å². The highest BCUT2D eigenvalue weighted by atomic mass is 32.1. The number of carbonyl (C=O) groups is 2. The lowest BCUT2D eigenvalue weighted by atomic mass is 10.1. The fourth-order valence-electron chi connectivity index (χ4n) is 3.58. The molecule has 18 heteroatoms. The number of nitrogens with two attached hydrogens (primary N) is 1. The number of alkyl halides is 6. The van der Waals surface area contributed by atoms with Gasteiger partial charge in [0.05, 0.1) is 16.9 Å². The number of hydrogen-bond donors (Lipinski definition) is 2. The summed E-state index contributed by atoms with van der Waals surface area (Å²) in [6.07, 6.45) is -8.92. The number of pyridine rings is 1. The molecule has 0 aliphatic heterocycles. The van der Waals surface area contributed by atoms with Gasteiger partial charge in [-0.05, 0) is 25.1 Å². The predicted molar refractivity (Wildman–Crippen MR) is 118 cm³/mol. The highest BCUT2D eigenvalue weighted by molar-refractivity contribution is 7.21. The number of rotatable bonds is 6. The third-order valence-electron chi connectivity index (χ3n) is 5.15. The molecule has 0 bridgehead atoms. The van der Waals surface area contributed by atoms with Crippen molar-refractivity contribution in [1.29, 1.82) is 0 Å². The number of carbonyl (C=O) groups excluding carboxylic acids is 2. The molecule has 4 rings (SSSR count). The summed E-state index contributed by atoms with van der Waals surface area (Å²) in [6, 6.07) is 3.32. The van der Waals surface area contributed by atoms with Gasteiger partial charge in [0.15, 0.2) is 0 Å². The summed E-state index contributed by atoms with van der Waals surface area (Å²) in [6.45, 7) is -0.0392. The predicted octanol–water partition coefficient (Wildman–Crippen LogP) is 4.74. The van der Waals surface area contributed by atoms with Gasteiger partial charge in [0.2, 0.25) is 11.6 Å². The standard InChI is InChI=1S/C20H12F6N6O5S/c1-7-14(32(35)36)16(20(24,25)26)30-31(7)6-11(33)29-13-12-8(9-3-2-4-37-9)5-10(19(21,22)23)28-18(12)38-15(13)17(27)34/h2-5H,6H2,1H3,(H2,27,34)(H,29,33). The number of anilines is 1. The van der Waals surface area contributed by atoms with Crippen molar-refractivity contribution >= 4 is 44.7 Å². The van der Waals surface area contributed by atoms with E-state index in [0.717, 1.165) is 6.92 Å². The second kappa shape index (κ2) is 9.12. The number of nitro groups is 1. The van der Waals surface area contributed by atoms with Crippen molar-refractivity contribution in [2.24, 2.45) is 5.73 Å². The molecule has 0 fully saturated rings. The highest BCUT2D eigenvalue weighted by Gasteiger charge is 2.44. The SMILES string of the molecule is Cc1c([N+](=O)[O-])c(C(F)(F)F)nn1CC(=O)Nc1c(C(N)=O)sc2nc(C(F)(F)F)cc(-c3ccco3)c12. The Morgan fingerprint density at radius 3 is 2.42 bits per heavy atom. The maximum absolute atomic E-state index is 13.5. The first kappa shape index (κ1) is 26.6. The Hall–Kier alpha value is -4.48. The maximum Gasteiger partial charge on any atom is 0.442 e. The van der Waals surface area contributed by atoms with Crippen LogP contribution in [0, 0.1) is 17.0 Å². The number of halogens is 6. The van der Waals surface area contributed by atoms with Crippen molar-refractivity contribution in [2.45, 2.75) is 25.8 Å². The quantitative estimate of drug-likeness (QED) is 0.195.